The zero-order valence-corrected chi connectivity index (χ0v) is 25.6. The third kappa shape index (κ3) is 5.58. The Morgan fingerprint density at radius 3 is 2.45 bits per heavy atom. The second-order valence-corrected chi connectivity index (χ2v) is 12.2. The molecule has 0 unspecified atom stereocenters. The maximum Gasteiger partial charge on any atom is 0.355 e. The number of anilines is 1. The highest BCUT2D eigenvalue weighted by molar-refractivity contribution is 7.13. The number of carbonyl (C=O) groups is 3. The van der Waals surface area contributed by atoms with Crippen molar-refractivity contribution in [3.05, 3.63) is 87.0 Å². The molecular formula is C34H34N4O5S. The largest absolute Gasteiger partial charge is 0.493 e. The molecular weight excluding hydrogens is 576 g/mol. The molecule has 0 atom stereocenters. The lowest BCUT2D eigenvalue weighted by Crippen LogP contribution is -2.36. The van der Waals surface area contributed by atoms with Gasteiger partial charge in [-0.1, -0.05) is 12.1 Å². The lowest BCUT2D eigenvalue weighted by molar-refractivity contribution is 0.0689. The van der Waals surface area contributed by atoms with E-state index in [1.165, 1.54) is 0 Å². The number of nitrogens with zero attached hydrogens (tertiary/aromatic N) is 2. The Kier molecular flexibility index (Phi) is 8.20. The fourth-order valence-electron chi connectivity index (χ4n) is 6.09. The van der Waals surface area contributed by atoms with Crippen LogP contribution in [-0.4, -0.2) is 52.5 Å². The third-order valence-electron chi connectivity index (χ3n) is 8.30. The second-order valence-electron chi connectivity index (χ2n) is 11.3. The van der Waals surface area contributed by atoms with Gasteiger partial charge in [-0.3, -0.25) is 9.59 Å². The number of hydrogen-bond acceptors (Lipinski definition) is 7. The Labute approximate surface area is 259 Å². The summed E-state index contributed by atoms with van der Waals surface area (Å²) in [6.45, 7) is 5.89. The molecule has 226 valence electrons. The number of pyridine rings is 1. The fraction of sp³-hybridized carbons (Fsp3) is 0.294. The summed E-state index contributed by atoms with van der Waals surface area (Å²) < 4.78 is 6.14. The van der Waals surface area contributed by atoms with E-state index in [2.05, 4.69) is 16.4 Å². The third-order valence-corrected chi connectivity index (χ3v) is 9.29. The maximum absolute atomic E-state index is 14.2. The number of carbonyl (C=O) groups excluding carboxylic acids is 2. The van der Waals surface area contributed by atoms with Crippen LogP contribution >= 0.6 is 11.3 Å². The normalized spacial score (nSPS) is 14.2. The molecule has 44 heavy (non-hydrogen) atoms. The van der Waals surface area contributed by atoms with E-state index in [1.54, 1.807) is 40.5 Å². The van der Waals surface area contributed by atoms with Crippen molar-refractivity contribution in [2.75, 3.05) is 25.0 Å². The van der Waals surface area contributed by atoms with Gasteiger partial charge in [0.25, 0.3) is 11.8 Å². The molecule has 4 N–H and O–H groups in total. The molecule has 4 aromatic rings. The SMILES string of the molecule is Cc1cc(CN)cc(C)c1NC(=O)c1cc2c(cc1-c1ccc(C(=O)N3CCCCC3)nc1C(=O)O)OCCc1ccsc1-2. The number of nitrogens with two attached hydrogens (primary N) is 1. The number of nitrogens with one attached hydrogen (secondary N) is 1. The number of amides is 2. The zero-order valence-electron chi connectivity index (χ0n) is 24.7. The molecule has 1 fully saturated rings. The van der Waals surface area contributed by atoms with E-state index in [9.17, 15) is 19.5 Å². The fourth-order valence-corrected chi connectivity index (χ4v) is 7.07. The van der Waals surface area contributed by atoms with Gasteiger partial charge in [0.05, 0.1) is 6.61 Å². The number of hydrogen-bond donors (Lipinski definition) is 3. The summed E-state index contributed by atoms with van der Waals surface area (Å²) >= 11 is 1.57. The van der Waals surface area contributed by atoms with Crippen molar-refractivity contribution in [1.29, 1.82) is 0 Å². The predicted molar refractivity (Wildman–Crippen MR) is 171 cm³/mol. The Morgan fingerprint density at radius 2 is 1.75 bits per heavy atom. The van der Waals surface area contributed by atoms with Crippen LogP contribution in [0.1, 0.15) is 72.9 Å². The van der Waals surface area contributed by atoms with E-state index < -0.39 is 11.9 Å². The van der Waals surface area contributed by atoms with Crippen LogP contribution in [0.3, 0.4) is 0 Å². The van der Waals surface area contributed by atoms with Gasteiger partial charge in [0, 0.05) is 58.9 Å². The number of aromatic carboxylic acids is 1. The topological polar surface area (TPSA) is 135 Å². The molecule has 10 heteroatoms. The van der Waals surface area contributed by atoms with Gasteiger partial charge in [0.15, 0.2) is 5.69 Å². The van der Waals surface area contributed by atoms with Crippen molar-refractivity contribution in [2.45, 2.75) is 46.1 Å². The minimum absolute atomic E-state index is 0.0690. The molecule has 2 amide bonds. The number of benzene rings is 2. The molecule has 0 radical (unpaired) electrons. The highest BCUT2D eigenvalue weighted by atomic mass is 32.1. The second kappa shape index (κ2) is 12.2. The summed E-state index contributed by atoms with van der Waals surface area (Å²) in [5, 5.41) is 15.4. The van der Waals surface area contributed by atoms with Gasteiger partial charge in [-0.15, -0.1) is 11.3 Å². The molecule has 9 nitrogen and oxygen atoms in total. The van der Waals surface area contributed by atoms with Gasteiger partial charge in [0.1, 0.15) is 11.4 Å². The minimum Gasteiger partial charge on any atom is -0.493 e. The molecule has 4 heterocycles. The van der Waals surface area contributed by atoms with Crippen LogP contribution in [-0.2, 0) is 13.0 Å². The minimum atomic E-state index is -1.29. The van der Waals surface area contributed by atoms with Crippen molar-refractivity contribution in [3.8, 4) is 27.3 Å². The number of aryl methyl sites for hydroxylation is 2. The highest BCUT2D eigenvalue weighted by Crippen LogP contribution is 2.43. The number of piperidine rings is 1. The van der Waals surface area contributed by atoms with E-state index in [0.717, 1.165) is 52.0 Å². The summed E-state index contributed by atoms with van der Waals surface area (Å²) in [6.07, 6.45) is 3.59. The Balaban J connectivity index is 1.49. The van der Waals surface area contributed by atoms with Crippen molar-refractivity contribution in [2.24, 2.45) is 5.73 Å². The van der Waals surface area contributed by atoms with Crippen LogP contribution in [0.4, 0.5) is 5.69 Å². The van der Waals surface area contributed by atoms with Crippen molar-refractivity contribution < 1.29 is 24.2 Å². The Bertz CT molecular complexity index is 1770. The summed E-state index contributed by atoms with van der Waals surface area (Å²) in [7, 11) is 0. The number of aromatic nitrogens is 1. The first kappa shape index (κ1) is 29.5. The van der Waals surface area contributed by atoms with Crippen molar-refractivity contribution in [1.82, 2.24) is 9.88 Å². The first-order valence-electron chi connectivity index (χ1n) is 14.8. The molecule has 0 saturated carbocycles. The van der Waals surface area contributed by atoms with Gasteiger partial charge in [-0.25, -0.2) is 9.78 Å². The van der Waals surface area contributed by atoms with Crippen molar-refractivity contribution in [3.63, 3.8) is 0 Å². The molecule has 2 aliphatic heterocycles. The predicted octanol–water partition coefficient (Wildman–Crippen LogP) is 6.06. The smallest absolute Gasteiger partial charge is 0.355 e. The quantitative estimate of drug-likeness (QED) is 0.241. The van der Waals surface area contributed by atoms with E-state index in [0.29, 0.717) is 49.7 Å². The van der Waals surface area contributed by atoms with Crippen molar-refractivity contribution >= 4 is 34.8 Å². The van der Waals surface area contributed by atoms with Crippen LogP contribution in [0.5, 0.6) is 5.75 Å². The van der Waals surface area contributed by atoms with Crippen LogP contribution < -0.4 is 15.8 Å². The van der Waals surface area contributed by atoms with Crippen LogP contribution in [0.15, 0.2) is 47.8 Å². The van der Waals surface area contributed by atoms with E-state index >= 15 is 0 Å². The van der Waals surface area contributed by atoms with Gasteiger partial charge >= 0.3 is 5.97 Å². The van der Waals surface area contributed by atoms with E-state index in [-0.39, 0.29) is 28.4 Å². The standard InChI is InChI=1S/C34H34N4O5S/c1-19-14-21(18-35)15-20(2)29(19)37-32(39)25-16-26-28(43-12-8-22-9-13-44-31(22)26)17-24(25)23-6-7-27(36-30(23)34(41)42)33(40)38-10-4-3-5-11-38/h6-7,9,13-17H,3-5,8,10-12,18,35H2,1-2H3,(H,37,39)(H,41,42). The van der Waals surface area contributed by atoms with Gasteiger partial charge in [0.2, 0.25) is 0 Å². The highest BCUT2D eigenvalue weighted by Gasteiger charge is 2.28. The van der Waals surface area contributed by atoms with E-state index in [4.69, 9.17) is 10.5 Å². The maximum atomic E-state index is 14.2. The molecule has 6 rings (SSSR count). The number of rotatable bonds is 6. The van der Waals surface area contributed by atoms with Crippen LogP contribution in [0.25, 0.3) is 21.6 Å². The average molecular weight is 611 g/mol. The Hall–Kier alpha value is -4.54. The number of carboxylic acid groups (broad SMARTS) is 1. The molecule has 2 aromatic carbocycles. The number of ether oxygens (including phenoxy) is 1. The summed E-state index contributed by atoms with van der Waals surface area (Å²) in [4.78, 5) is 47.0. The number of carboxylic acids is 1. The number of thiophene rings is 1. The van der Waals surface area contributed by atoms with E-state index in [1.807, 2.05) is 31.4 Å². The molecule has 0 aliphatic carbocycles. The van der Waals surface area contributed by atoms with Gasteiger partial charge in [-0.2, -0.15) is 0 Å². The Morgan fingerprint density at radius 1 is 1.00 bits per heavy atom. The zero-order chi connectivity index (χ0) is 31.0. The monoisotopic (exact) mass is 610 g/mol. The lowest BCUT2D eigenvalue weighted by atomic mass is 9.93. The average Bonchev–Trinajstić information content (AvgIpc) is 3.43. The van der Waals surface area contributed by atoms with Gasteiger partial charge < -0.3 is 25.8 Å². The number of likely N-dealkylation sites (tertiary alicyclic amines) is 1. The van der Waals surface area contributed by atoms with Crippen LogP contribution in [0.2, 0.25) is 0 Å². The molecule has 2 aliphatic rings. The van der Waals surface area contributed by atoms with Gasteiger partial charge in [-0.05, 0) is 91.1 Å². The first-order valence-corrected chi connectivity index (χ1v) is 15.7. The summed E-state index contributed by atoms with van der Waals surface area (Å²) in [5.41, 5.74) is 11.8. The molecule has 2 aromatic heterocycles. The summed E-state index contributed by atoms with van der Waals surface area (Å²) in [6, 6.07) is 12.6. The first-order chi connectivity index (χ1) is 21.2. The lowest BCUT2D eigenvalue weighted by Gasteiger charge is -2.26. The molecule has 0 spiro atoms. The molecule has 0 bridgehead atoms. The number of fused-ring (bicyclic) bond motifs is 3. The summed E-state index contributed by atoms with van der Waals surface area (Å²) in [5.74, 6) is -1.43. The molecule has 1 saturated heterocycles. The van der Waals surface area contributed by atoms with Crippen LogP contribution in [0, 0.1) is 13.8 Å².